The fraction of sp³-hybridized carbons (Fsp3) is 0.105. The highest BCUT2D eigenvalue weighted by Gasteiger charge is 2.13. The van der Waals surface area contributed by atoms with Gasteiger partial charge < -0.3 is 0 Å². The van der Waals surface area contributed by atoms with Crippen molar-refractivity contribution in [1.29, 1.82) is 0 Å². The first-order valence-electron chi connectivity index (χ1n) is 8.03. The van der Waals surface area contributed by atoms with E-state index in [1.165, 1.54) is 33.0 Å². The van der Waals surface area contributed by atoms with Gasteiger partial charge in [0.05, 0.1) is 6.54 Å². The molecule has 2 aromatic heterocycles. The van der Waals surface area contributed by atoms with Gasteiger partial charge in [0, 0.05) is 17.3 Å². The number of benzene rings is 2. The smallest absolute Gasteiger partial charge is 0.246 e. The summed E-state index contributed by atoms with van der Waals surface area (Å²) in [5, 5.41) is 4.99. The predicted octanol–water partition coefficient (Wildman–Crippen LogP) is 3.54. The van der Waals surface area contributed by atoms with E-state index >= 15 is 0 Å². The van der Waals surface area contributed by atoms with Crippen molar-refractivity contribution in [2.75, 3.05) is 0 Å². The van der Waals surface area contributed by atoms with E-state index in [1.807, 2.05) is 31.2 Å². The minimum atomic E-state index is -0.316. The normalized spacial score (nSPS) is 11.2. The zero-order valence-electron chi connectivity index (χ0n) is 14.0. The fourth-order valence-electron chi connectivity index (χ4n) is 2.61. The SMILES string of the molecule is Cc1ccc(Cn2nc3c(Sc4cccc(F)c4)nccn3c2=O)cc1. The third-order valence-corrected chi connectivity index (χ3v) is 4.90. The molecule has 2 heterocycles. The molecule has 0 aliphatic carbocycles. The summed E-state index contributed by atoms with van der Waals surface area (Å²) in [6.45, 7) is 2.40. The quantitative estimate of drug-likeness (QED) is 0.554. The van der Waals surface area contributed by atoms with Crippen molar-refractivity contribution in [3.05, 3.63) is 88.4 Å². The van der Waals surface area contributed by atoms with Crippen LogP contribution in [0.2, 0.25) is 0 Å². The molecule has 0 unspecified atom stereocenters. The highest BCUT2D eigenvalue weighted by Crippen LogP contribution is 2.28. The van der Waals surface area contributed by atoms with Gasteiger partial charge in [-0.05, 0) is 30.7 Å². The Morgan fingerprint density at radius 3 is 2.73 bits per heavy atom. The standard InChI is InChI=1S/C19H15FN4OS/c1-13-5-7-14(8-6-13)12-24-19(25)23-10-9-21-18(17(23)22-24)26-16-4-2-3-15(20)11-16/h2-11H,12H2,1H3. The van der Waals surface area contributed by atoms with Crippen LogP contribution in [0, 0.1) is 12.7 Å². The number of hydrogen-bond donors (Lipinski definition) is 0. The minimum absolute atomic E-state index is 0.232. The second kappa shape index (κ2) is 6.76. The lowest BCUT2D eigenvalue weighted by atomic mass is 10.1. The van der Waals surface area contributed by atoms with Crippen LogP contribution in [0.1, 0.15) is 11.1 Å². The van der Waals surface area contributed by atoms with Crippen molar-refractivity contribution in [2.24, 2.45) is 0 Å². The molecular formula is C19H15FN4OS. The van der Waals surface area contributed by atoms with Gasteiger partial charge in [-0.1, -0.05) is 47.7 Å². The molecule has 0 fully saturated rings. The van der Waals surface area contributed by atoms with Crippen molar-refractivity contribution in [2.45, 2.75) is 23.4 Å². The Morgan fingerprint density at radius 2 is 1.96 bits per heavy atom. The number of aromatic nitrogens is 4. The summed E-state index contributed by atoms with van der Waals surface area (Å²) in [6.07, 6.45) is 3.14. The van der Waals surface area contributed by atoms with Crippen LogP contribution in [0.15, 0.2) is 75.6 Å². The Labute approximate surface area is 153 Å². The molecule has 0 spiro atoms. The van der Waals surface area contributed by atoms with Gasteiger partial charge in [0.25, 0.3) is 0 Å². The van der Waals surface area contributed by atoms with Gasteiger partial charge in [-0.3, -0.25) is 0 Å². The van der Waals surface area contributed by atoms with Crippen molar-refractivity contribution in [3.63, 3.8) is 0 Å². The van der Waals surface area contributed by atoms with Gasteiger partial charge in [-0.25, -0.2) is 23.3 Å². The van der Waals surface area contributed by atoms with Crippen LogP contribution < -0.4 is 5.69 Å². The highest BCUT2D eigenvalue weighted by molar-refractivity contribution is 7.99. The first kappa shape index (κ1) is 16.5. The van der Waals surface area contributed by atoms with Crippen molar-refractivity contribution in [1.82, 2.24) is 19.2 Å². The zero-order chi connectivity index (χ0) is 18.1. The summed E-state index contributed by atoms with van der Waals surface area (Å²) in [7, 11) is 0. The van der Waals surface area contributed by atoms with Crippen LogP contribution in [0.5, 0.6) is 0 Å². The molecule has 4 aromatic rings. The number of fused-ring (bicyclic) bond motifs is 1. The van der Waals surface area contributed by atoms with Crippen LogP contribution in [0.25, 0.3) is 5.65 Å². The molecule has 7 heteroatoms. The summed E-state index contributed by atoms with van der Waals surface area (Å²) in [4.78, 5) is 17.6. The van der Waals surface area contributed by atoms with E-state index in [9.17, 15) is 9.18 Å². The predicted molar refractivity (Wildman–Crippen MR) is 98.1 cm³/mol. The average molecular weight is 366 g/mol. The van der Waals surface area contributed by atoms with Gasteiger partial charge in [0.1, 0.15) is 10.8 Å². The Hall–Kier alpha value is -2.93. The van der Waals surface area contributed by atoms with Crippen LogP contribution >= 0.6 is 11.8 Å². The first-order valence-corrected chi connectivity index (χ1v) is 8.85. The summed E-state index contributed by atoms with van der Waals surface area (Å²) in [5.74, 6) is -0.316. The molecule has 4 rings (SSSR count). The van der Waals surface area contributed by atoms with Crippen LogP contribution in [0.3, 0.4) is 0 Å². The second-order valence-corrected chi connectivity index (χ2v) is 6.97. The molecule has 0 aliphatic rings. The number of rotatable bonds is 4. The second-order valence-electron chi connectivity index (χ2n) is 5.91. The van der Waals surface area contributed by atoms with E-state index in [1.54, 1.807) is 24.5 Å². The largest absolute Gasteiger partial charge is 0.350 e. The molecule has 0 amide bonds. The molecule has 0 saturated heterocycles. The topological polar surface area (TPSA) is 52.2 Å². The Kier molecular flexibility index (Phi) is 4.30. The Morgan fingerprint density at radius 1 is 1.15 bits per heavy atom. The van der Waals surface area contributed by atoms with Gasteiger partial charge in [0.15, 0.2) is 5.65 Å². The van der Waals surface area contributed by atoms with Crippen molar-refractivity contribution < 1.29 is 4.39 Å². The highest BCUT2D eigenvalue weighted by atomic mass is 32.2. The summed E-state index contributed by atoms with van der Waals surface area (Å²) >= 11 is 1.27. The van der Waals surface area contributed by atoms with Gasteiger partial charge in [0.2, 0.25) is 0 Å². The van der Waals surface area contributed by atoms with Crippen LogP contribution in [0.4, 0.5) is 4.39 Å². The minimum Gasteiger partial charge on any atom is -0.246 e. The maximum atomic E-state index is 13.4. The number of hydrogen-bond acceptors (Lipinski definition) is 4. The third kappa shape index (κ3) is 3.25. The lowest BCUT2D eigenvalue weighted by Crippen LogP contribution is -2.21. The van der Waals surface area contributed by atoms with Gasteiger partial charge >= 0.3 is 5.69 Å². The molecule has 5 nitrogen and oxygen atoms in total. The molecule has 26 heavy (non-hydrogen) atoms. The van der Waals surface area contributed by atoms with Crippen molar-refractivity contribution in [3.8, 4) is 0 Å². The van der Waals surface area contributed by atoms with E-state index in [-0.39, 0.29) is 11.5 Å². The van der Waals surface area contributed by atoms with E-state index in [2.05, 4.69) is 10.1 Å². The van der Waals surface area contributed by atoms with Crippen molar-refractivity contribution >= 4 is 17.4 Å². The van der Waals surface area contributed by atoms with Crippen LogP contribution in [-0.2, 0) is 6.54 Å². The lowest BCUT2D eigenvalue weighted by molar-refractivity contribution is 0.624. The van der Waals surface area contributed by atoms with Gasteiger partial charge in [-0.15, -0.1) is 5.10 Å². The van der Waals surface area contributed by atoms with E-state index in [4.69, 9.17) is 0 Å². The molecule has 0 aliphatic heterocycles. The molecular weight excluding hydrogens is 351 g/mol. The summed E-state index contributed by atoms with van der Waals surface area (Å²) in [6, 6.07) is 14.2. The fourth-order valence-corrected chi connectivity index (χ4v) is 3.49. The van der Waals surface area contributed by atoms with E-state index in [0.29, 0.717) is 22.1 Å². The third-order valence-electron chi connectivity index (χ3n) is 3.93. The lowest BCUT2D eigenvalue weighted by Gasteiger charge is -2.01. The summed E-state index contributed by atoms with van der Waals surface area (Å²) < 4.78 is 16.3. The zero-order valence-corrected chi connectivity index (χ0v) is 14.8. The molecule has 2 aromatic carbocycles. The van der Waals surface area contributed by atoms with E-state index in [0.717, 1.165) is 11.1 Å². The maximum absolute atomic E-state index is 13.4. The first-order chi connectivity index (χ1) is 12.6. The van der Waals surface area contributed by atoms with Gasteiger partial charge in [-0.2, -0.15) is 0 Å². The van der Waals surface area contributed by atoms with Crippen LogP contribution in [-0.4, -0.2) is 19.2 Å². The average Bonchev–Trinajstić information content (AvgIpc) is 2.94. The molecule has 0 radical (unpaired) electrons. The Bertz CT molecular complexity index is 1130. The number of halogens is 1. The summed E-state index contributed by atoms with van der Waals surface area (Å²) in [5.41, 5.74) is 2.38. The monoisotopic (exact) mass is 366 g/mol. The molecule has 130 valence electrons. The molecule has 0 bridgehead atoms. The maximum Gasteiger partial charge on any atom is 0.350 e. The molecule has 0 saturated carbocycles. The molecule has 0 N–H and O–H groups in total. The molecule has 0 atom stereocenters. The van der Waals surface area contributed by atoms with E-state index < -0.39 is 0 Å². The number of aryl methyl sites for hydroxylation is 1. The number of nitrogens with zero attached hydrogens (tertiary/aromatic N) is 4. The Balaban J connectivity index is 1.72.